The molecule has 41 heavy (non-hydrogen) atoms. The summed E-state index contributed by atoms with van der Waals surface area (Å²) >= 11 is 0. The van der Waals surface area contributed by atoms with Gasteiger partial charge in [0, 0.05) is 22.2 Å². The van der Waals surface area contributed by atoms with Crippen molar-refractivity contribution in [2.45, 2.75) is 38.5 Å². The number of fused-ring (bicyclic) bond motifs is 12. The molecule has 0 spiro atoms. The van der Waals surface area contributed by atoms with Gasteiger partial charge in [-0.1, -0.05) is 100 Å². The maximum Gasteiger partial charge on any atom is 0.0432 e. The van der Waals surface area contributed by atoms with Crippen LogP contribution in [-0.4, -0.2) is 0 Å². The third-order valence-electron chi connectivity index (χ3n) is 10.2. The lowest BCUT2D eigenvalue weighted by Gasteiger charge is -2.37. The molecule has 1 aliphatic carbocycles. The Balaban J connectivity index is 1.33. The summed E-state index contributed by atoms with van der Waals surface area (Å²) in [5.74, 6) is 0. The van der Waals surface area contributed by atoms with Crippen LogP contribution in [0, 0.1) is 0 Å². The van der Waals surface area contributed by atoms with Gasteiger partial charge in [-0.25, -0.2) is 0 Å². The first-order valence-corrected chi connectivity index (χ1v) is 14.7. The SMILES string of the molecule is CC1(C)c2cc3c(cc2Nc2cc4ccccc4cc21)C(C)(C)c1cc2c4ccccc4c4ccccc4c2cc1-3. The van der Waals surface area contributed by atoms with Crippen molar-refractivity contribution < 1.29 is 0 Å². The lowest BCUT2D eigenvalue weighted by atomic mass is 9.72. The summed E-state index contributed by atoms with van der Waals surface area (Å²) in [4.78, 5) is 0. The molecule has 7 aromatic carbocycles. The molecular formula is C40H31N. The highest BCUT2D eigenvalue weighted by Gasteiger charge is 2.40. The van der Waals surface area contributed by atoms with E-state index in [1.165, 1.54) is 87.8 Å². The molecule has 0 bridgehead atoms. The molecule has 0 unspecified atom stereocenters. The predicted molar refractivity (Wildman–Crippen MR) is 176 cm³/mol. The van der Waals surface area contributed by atoms with Crippen molar-refractivity contribution in [1.29, 1.82) is 0 Å². The molecule has 1 nitrogen and oxygen atoms in total. The summed E-state index contributed by atoms with van der Waals surface area (Å²) in [5.41, 5.74) is 10.5. The number of anilines is 2. The summed E-state index contributed by atoms with van der Waals surface area (Å²) < 4.78 is 0. The van der Waals surface area contributed by atoms with Gasteiger partial charge in [-0.15, -0.1) is 0 Å². The molecule has 7 aromatic rings. The smallest absolute Gasteiger partial charge is 0.0432 e. The number of benzene rings is 7. The van der Waals surface area contributed by atoms with Gasteiger partial charge in [0.15, 0.2) is 0 Å². The lowest BCUT2D eigenvalue weighted by molar-refractivity contribution is 0.634. The largest absolute Gasteiger partial charge is 0.355 e. The fourth-order valence-corrected chi connectivity index (χ4v) is 7.95. The maximum absolute atomic E-state index is 3.86. The highest BCUT2D eigenvalue weighted by atomic mass is 14.9. The fourth-order valence-electron chi connectivity index (χ4n) is 7.95. The van der Waals surface area contributed by atoms with E-state index in [2.05, 4.69) is 142 Å². The highest BCUT2D eigenvalue weighted by Crippen LogP contribution is 2.56. The van der Waals surface area contributed by atoms with Gasteiger partial charge in [-0.3, -0.25) is 0 Å². The molecule has 0 amide bonds. The van der Waals surface area contributed by atoms with Crippen molar-refractivity contribution in [3.05, 3.63) is 131 Å². The summed E-state index contributed by atoms with van der Waals surface area (Å²) in [6.45, 7) is 9.56. The van der Waals surface area contributed by atoms with E-state index in [-0.39, 0.29) is 10.8 Å². The van der Waals surface area contributed by atoms with Crippen LogP contribution in [0.2, 0.25) is 0 Å². The van der Waals surface area contributed by atoms with E-state index in [4.69, 9.17) is 0 Å². The van der Waals surface area contributed by atoms with E-state index < -0.39 is 0 Å². The first-order chi connectivity index (χ1) is 19.8. The third kappa shape index (κ3) is 2.91. The van der Waals surface area contributed by atoms with Gasteiger partial charge in [-0.2, -0.15) is 0 Å². The Morgan fingerprint density at radius 1 is 0.390 bits per heavy atom. The molecule has 0 fully saturated rings. The Kier molecular flexibility index (Phi) is 4.26. The summed E-state index contributed by atoms with van der Waals surface area (Å²) in [6, 6.07) is 41.1. The van der Waals surface area contributed by atoms with Crippen LogP contribution in [0.3, 0.4) is 0 Å². The number of hydrogen-bond donors (Lipinski definition) is 1. The van der Waals surface area contributed by atoms with Gasteiger partial charge in [-0.05, 0) is 113 Å². The van der Waals surface area contributed by atoms with Crippen LogP contribution in [0.25, 0.3) is 54.2 Å². The van der Waals surface area contributed by atoms with E-state index in [9.17, 15) is 0 Å². The minimum Gasteiger partial charge on any atom is -0.355 e. The molecule has 2 aliphatic rings. The Labute approximate surface area is 240 Å². The lowest BCUT2D eigenvalue weighted by Crippen LogP contribution is -2.26. The Morgan fingerprint density at radius 3 is 1.49 bits per heavy atom. The molecule has 1 aliphatic heterocycles. The van der Waals surface area contributed by atoms with Gasteiger partial charge in [0.05, 0.1) is 0 Å². The molecular weight excluding hydrogens is 494 g/mol. The quantitative estimate of drug-likeness (QED) is 0.194. The number of hydrogen-bond acceptors (Lipinski definition) is 1. The first-order valence-electron chi connectivity index (χ1n) is 14.7. The van der Waals surface area contributed by atoms with Crippen LogP contribution in [0.15, 0.2) is 109 Å². The van der Waals surface area contributed by atoms with E-state index in [1.807, 2.05) is 0 Å². The fraction of sp³-hybridized carbons (Fsp3) is 0.150. The first kappa shape index (κ1) is 23.1. The van der Waals surface area contributed by atoms with E-state index in [1.54, 1.807) is 0 Å². The average Bonchev–Trinajstić information content (AvgIpc) is 3.20. The summed E-state index contributed by atoms with van der Waals surface area (Å²) in [6.07, 6.45) is 0. The van der Waals surface area contributed by atoms with Gasteiger partial charge in [0.1, 0.15) is 0 Å². The van der Waals surface area contributed by atoms with Crippen molar-refractivity contribution >= 4 is 54.5 Å². The molecule has 1 heteroatoms. The van der Waals surface area contributed by atoms with Gasteiger partial charge < -0.3 is 5.32 Å². The Hall–Kier alpha value is -4.62. The molecule has 0 radical (unpaired) electrons. The Morgan fingerprint density at radius 2 is 0.829 bits per heavy atom. The summed E-state index contributed by atoms with van der Waals surface area (Å²) in [5, 5.41) is 14.4. The minimum absolute atomic E-state index is 0.101. The zero-order valence-corrected chi connectivity index (χ0v) is 23.9. The van der Waals surface area contributed by atoms with Gasteiger partial charge in [0.25, 0.3) is 0 Å². The molecule has 0 saturated carbocycles. The van der Waals surface area contributed by atoms with E-state index >= 15 is 0 Å². The second-order valence-electron chi connectivity index (χ2n) is 13.1. The van der Waals surface area contributed by atoms with Crippen molar-refractivity contribution in [3.63, 3.8) is 0 Å². The van der Waals surface area contributed by atoms with E-state index in [0.717, 1.165) is 0 Å². The van der Waals surface area contributed by atoms with Crippen LogP contribution in [0.1, 0.15) is 49.9 Å². The summed E-state index contributed by atoms with van der Waals surface area (Å²) in [7, 11) is 0. The Bertz CT molecular complexity index is 2280. The molecule has 0 saturated heterocycles. The normalized spacial score (nSPS) is 15.9. The zero-order chi connectivity index (χ0) is 27.7. The van der Waals surface area contributed by atoms with Crippen molar-refractivity contribution in [2.24, 2.45) is 0 Å². The van der Waals surface area contributed by atoms with Crippen LogP contribution >= 0.6 is 0 Å². The molecule has 196 valence electrons. The van der Waals surface area contributed by atoms with Gasteiger partial charge in [0.2, 0.25) is 0 Å². The third-order valence-corrected chi connectivity index (χ3v) is 10.2. The van der Waals surface area contributed by atoms with Crippen LogP contribution in [0.4, 0.5) is 11.4 Å². The predicted octanol–water partition coefficient (Wildman–Crippen LogP) is 11.0. The molecule has 1 heterocycles. The van der Waals surface area contributed by atoms with E-state index in [0.29, 0.717) is 0 Å². The minimum atomic E-state index is -0.123. The molecule has 0 atom stereocenters. The van der Waals surface area contributed by atoms with Crippen molar-refractivity contribution in [3.8, 4) is 11.1 Å². The van der Waals surface area contributed by atoms with Gasteiger partial charge >= 0.3 is 0 Å². The highest BCUT2D eigenvalue weighted by molar-refractivity contribution is 6.26. The zero-order valence-electron chi connectivity index (χ0n) is 23.9. The average molecular weight is 526 g/mol. The van der Waals surface area contributed by atoms with Crippen LogP contribution in [-0.2, 0) is 10.8 Å². The topological polar surface area (TPSA) is 12.0 Å². The van der Waals surface area contributed by atoms with Crippen molar-refractivity contribution in [1.82, 2.24) is 0 Å². The molecule has 9 rings (SSSR count). The van der Waals surface area contributed by atoms with Crippen molar-refractivity contribution in [2.75, 3.05) is 5.32 Å². The standard InChI is InChI=1S/C40H31N/c1-39(2)33-20-30-28-16-10-8-14-26(28)25-13-7-9-15-27(25)29(30)19-31(33)32-21-36-38(22-34(32)39)41-37-18-24-12-6-5-11-23(24)17-35(37)40(36,3)4/h5-22,41H,1-4H3. The maximum atomic E-state index is 3.86. The number of nitrogens with one attached hydrogen (secondary N) is 1. The van der Waals surface area contributed by atoms with Crippen LogP contribution < -0.4 is 5.32 Å². The molecule has 0 aromatic heterocycles. The number of rotatable bonds is 0. The monoisotopic (exact) mass is 525 g/mol. The second-order valence-corrected chi connectivity index (χ2v) is 13.1. The second kappa shape index (κ2) is 7.56. The van der Waals surface area contributed by atoms with Crippen LogP contribution in [0.5, 0.6) is 0 Å². The molecule has 1 N–H and O–H groups in total.